The molecule has 3 aliphatic rings. The zero-order chi connectivity index (χ0) is 76.1. The molecule has 7 rings (SSSR count). The summed E-state index contributed by atoms with van der Waals surface area (Å²) in [5.41, 5.74) is 1.76. The van der Waals surface area contributed by atoms with Gasteiger partial charge in [0, 0.05) is 94.3 Å². The quantitative estimate of drug-likeness (QED) is 0.0232. The molecule has 3 fully saturated rings. The fourth-order valence-electron chi connectivity index (χ4n) is 9.87. The molecule has 0 saturated carbocycles. The van der Waals surface area contributed by atoms with Gasteiger partial charge in [0.15, 0.2) is 42.4 Å². The summed E-state index contributed by atoms with van der Waals surface area (Å²) in [4.78, 5) is 125. The van der Waals surface area contributed by atoms with Crippen molar-refractivity contribution in [1.29, 1.82) is 0 Å². The Balaban J connectivity index is 0.000000574. The number of hydrogen-bond donors (Lipinski definition) is 0. The van der Waals surface area contributed by atoms with Gasteiger partial charge in [-0.25, -0.2) is 9.59 Å². The highest BCUT2D eigenvalue weighted by atomic mass is 35.5. The number of rotatable bonds is 22. The van der Waals surface area contributed by atoms with E-state index < -0.39 is 131 Å². The zero-order valence-corrected chi connectivity index (χ0v) is 62.6. The van der Waals surface area contributed by atoms with E-state index in [1.54, 1.807) is 30.3 Å². The predicted octanol–water partition coefficient (Wildman–Crippen LogP) is 10.7. The Morgan fingerprint density at radius 3 is 1.40 bits per heavy atom. The fourth-order valence-corrected chi connectivity index (χ4v) is 12.1. The van der Waals surface area contributed by atoms with E-state index in [2.05, 4.69) is 43.5 Å². The van der Waals surface area contributed by atoms with E-state index in [9.17, 15) is 60.9 Å². The fraction of sp³-hybridized carbons (Fsp3) is 0.552. The van der Waals surface area contributed by atoms with Crippen molar-refractivity contribution in [3.05, 3.63) is 77.9 Å². The molecule has 3 aliphatic heterocycles. The molecule has 0 bridgehead atoms. The van der Waals surface area contributed by atoms with Crippen molar-refractivity contribution in [2.75, 3.05) is 59.0 Å². The third-order valence-corrected chi connectivity index (χ3v) is 20.6. The van der Waals surface area contributed by atoms with Gasteiger partial charge in [-0.05, 0) is 130 Å². The first-order chi connectivity index (χ1) is 47.5. The summed E-state index contributed by atoms with van der Waals surface area (Å²) in [5, 5.41) is 0.841. The Kier molecular flexibility index (Phi) is 37.1. The lowest BCUT2D eigenvalue weighted by atomic mass is 9.97. The van der Waals surface area contributed by atoms with Crippen LogP contribution in [-0.2, 0) is 100.0 Å². The molecule has 0 radical (unpaired) electrons. The third-order valence-electron chi connectivity index (χ3n) is 15.0. The average molecular weight is 1510 g/mol. The summed E-state index contributed by atoms with van der Waals surface area (Å²) < 4.78 is 111. The number of ketones is 1. The maximum Gasteiger partial charge on any atom is 0.762 e. The van der Waals surface area contributed by atoms with E-state index in [0.717, 1.165) is 107 Å². The number of ether oxygens (including phenoxy) is 14. The number of methoxy groups -OCH3 is 2. The number of carbonyl (C=O) groups excluding carboxylic acids is 10. The maximum atomic E-state index is 14.6. The SMILES string of the molecule is CCOCC.COC(=O)[C@H]1OC(OC(C)=O)[C@H](OC(C)=O)[C@@H](OC(C)=O)[C@@H]1OC(C)=O.COC(=O)[C@H]1O[C@@H](Oc2ccc3c(C(=O)c4ccc(OCCN5CCCCC5)cc4)c(-c4ccc(O[Si](C)(C)C(C)(C)C)cc4)sc3c2)[C@H](OC(C)=O)[C@@H](OC(C)=O)[C@@H]1OC(C)=O.ClCCl.FB(F)F. The third kappa shape index (κ3) is 28.3. The van der Waals surface area contributed by atoms with E-state index >= 15 is 0 Å². The second-order valence-corrected chi connectivity index (χ2v) is 30.2. The van der Waals surface area contributed by atoms with Gasteiger partial charge in [0.05, 0.1) is 19.6 Å². The first-order valence-corrected chi connectivity index (χ1v) is 36.6. The predicted molar refractivity (Wildman–Crippen MR) is 366 cm³/mol. The van der Waals surface area contributed by atoms with Crippen LogP contribution in [0.3, 0.4) is 0 Å². The summed E-state index contributed by atoms with van der Waals surface area (Å²) in [6.45, 7) is 27.7. The van der Waals surface area contributed by atoms with Crippen molar-refractivity contribution in [2.45, 2.75) is 182 Å². The van der Waals surface area contributed by atoms with Crippen LogP contribution in [0, 0.1) is 0 Å². The van der Waals surface area contributed by atoms with Crippen LogP contribution < -0.4 is 13.9 Å². The smallest absolute Gasteiger partial charge is 0.544 e. The first kappa shape index (κ1) is 87.6. The monoisotopic (exact) mass is 1510 g/mol. The molecule has 0 spiro atoms. The van der Waals surface area contributed by atoms with Crippen LogP contribution >= 0.6 is 34.5 Å². The molecular weight excluding hydrogens is 1420 g/mol. The molecule has 4 heterocycles. The van der Waals surface area contributed by atoms with E-state index in [1.165, 1.54) is 30.6 Å². The molecule has 560 valence electrons. The molecule has 3 aromatic carbocycles. The number of fused-ring (bicyclic) bond motifs is 1. The number of alkyl halides is 2. The van der Waals surface area contributed by atoms with Gasteiger partial charge in [0.2, 0.25) is 33.1 Å². The number of nitrogens with zero attached hydrogens (tertiary/aromatic N) is 1. The van der Waals surface area contributed by atoms with Gasteiger partial charge < -0.3 is 70.7 Å². The molecule has 0 aliphatic carbocycles. The molecule has 4 aromatic rings. The maximum absolute atomic E-state index is 14.6. The van der Waals surface area contributed by atoms with E-state index in [4.69, 9.17) is 89.2 Å². The summed E-state index contributed by atoms with van der Waals surface area (Å²) in [5.74, 6) is -6.18. The minimum atomic E-state index is -3.67. The van der Waals surface area contributed by atoms with E-state index in [0.29, 0.717) is 38.4 Å². The van der Waals surface area contributed by atoms with Gasteiger partial charge in [-0.2, -0.15) is 0 Å². The van der Waals surface area contributed by atoms with Gasteiger partial charge in [-0.15, -0.1) is 34.5 Å². The van der Waals surface area contributed by atoms with Crippen molar-refractivity contribution in [2.24, 2.45) is 0 Å². The van der Waals surface area contributed by atoms with Crippen LogP contribution in [-0.4, -0.2) is 201 Å². The largest absolute Gasteiger partial charge is 0.762 e. The molecule has 0 amide bonds. The number of esters is 9. The van der Waals surface area contributed by atoms with Crippen LogP contribution in [0.4, 0.5) is 12.9 Å². The van der Waals surface area contributed by atoms with E-state index in [1.807, 2.05) is 50.2 Å². The second kappa shape index (κ2) is 42.7. The van der Waals surface area contributed by atoms with Crippen molar-refractivity contribution >= 4 is 120 Å². The van der Waals surface area contributed by atoms with Crippen LogP contribution in [0.2, 0.25) is 18.1 Å². The molecule has 1 unspecified atom stereocenters. The number of piperidine rings is 1. The van der Waals surface area contributed by atoms with Crippen LogP contribution in [0.25, 0.3) is 20.5 Å². The average Bonchev–Trinajstić information content (AvgIpc) is 1.76. The summed E-state index contributed by atoms with van der Waals surface area (Å²) >= 11 is 10.9. The number of benzene rings is 3. The highest BCUT2D eigenvalue weighted by Gasteiger charge is 2.57. The second-order valence-electron chi connectivity index (χ2n) is 23.7. The van der Waals surface area contributed by atoms with Gasteiger partial charge >= 0.3 is 61.3 Å². The van der Waals surface area contributed by atoms with Crippen LogP contribution in [0.5, 0.6) is 17.2 Å². The van der Waals surface area contributed by atoms with Crippen LogP contribution in [0.15, 0.2) is 66.7 Å². The van der Waals surface area contributed by atoms with Gasteiger partial charge in [-0.1, -0.05) is 27.2 Å². The van der Waals surface area contributed by atoms with Gasteiger partial charge in [0.25, 0.3) is 0 Å². The summed E-state index contributed by atoms with van der Waals surface area (Å²) in [7, 11) is -3.63. The molecule has 34 heteroatoms. The van der Waals surface area contributed by atoms with Crippen LogP contribution in [0.1, 0.15) is 118 Å². The van der Waals surface area contributed by atoms with Crippen molar-refractivity contribution in [3.63, 3.8) is 0 Å². The lowest BCUT2D eigenvalue weighted by molar-refractivity contribution is -0.294. The highest BCUT2D eigenvalue weighted by molar-refractivity contribution is 7.22. The Morgan fingerprint density at radius 1 is 0.574 bits per heavy atom. The molecule has 0 N–H and O–H groups in total. The van der Waals surface area contributed by atoms with Gasteiger partial charge in [0.1, 0.15) is 23.9 Å². The Bertz CT molecular complexity index is 3370. The minimum Gasteiger partial charge on any atom is -0.544 e. The summed E-state index contributed by atoms with van der Waals surface area (Å²) in [6, 6.07) is 20.0. The molecule has 10 atom stereocenters. The molecule has 3 saturated heterocycles. The number of hydrogen-bond acceptors (Lipinski definition) is 27. The Hall–Kier alpha value is -7.59. The number of carbonyl (C=O) groups is 10. The standard InChI is InChI=1S/C47H57NO13SSi.C15H20O11.C4H10O.CH2Cl2.BF3/c1-28(49)56-40-41(57-29(2)50)43(58-30(3)51)46(60-42(40)45(53)54-7)59-35-21-22-36-37(27-35)62-44(32-15-19-34(20-16-32)61-63(8,9)47(4,5)6)38(36)39(52)31-13-17-33(18-14-31)55-26-25-48-23-11-10-12-24-48;1-6(16)22-10-11(23-7(2)17)13(24-8(3)18)15(25-9(4)19)26-12(10)14(20)21-5;1-3-5-4-2;2-1-3;2-1(3)4/h13-22,27,40-43,46H,10-12,23-26H2,1-9H3;10-13,15H,1-5H3;3-4H2,1-2H3;1H2;/t40-,41-,42-,43+,46+;10-,11-,12-,13+,15?;;;/m00.../s1. The lowest BCUT2D eigenvalue weighted by Gasteiger charge is -2.43. The van der Waals surface area contributed by atoms with E-state index in [-0.39, 0.29) is 21.9 Å². The molecule has 101 heavy (non-hydrogen) atoms. The zero-order valence-electron chi connectivity index (χ0n) is 59.2. The van der Waals surface area contributed by atoms with Gasteiger partial charge in [-0.3, -0.25) is 56.2 Å². The number of likely N-dealkylation sites (tertiary alicyclic amines) is 1. The van der Waals surface area contributed by atoms with Crippen molar-refractivity contribution in [1.82, 2.24) is 4.90 Å². The minimum absolute atomic E-state index is 0.00306. The van der Waals surface area contributed by atoms with Crippen molar-refractivity contribution in [3.8, 4) is 27.7 Å². The lowest BCUT2D eigenvalue weighted by Crippen LogP contribution is -2.64. The molecule has 26 nitrogen and oxygen atoms in total. The van der Waals surface area contributed by atoms with Crippen molar-refractivity contribution < 1.29 is 132 Å². The first-order valence-electron chi connectivity index (χ1n) is 31.8. The highest BCUT2D eigenvalue weighted by Crippen LogP contribution is 2.44. The molecule has 1 aromatic heterocycles. The topological polar surface area (TPSA) is 312 Å². The Morgan fingerprint density at radius 2 is 0.980 bits per heavy atom. The summed E-state index contributed by atoms with van der Waals surface area (Å²) in [6.07, 6.45) is -11.7. The normalized spacial score (nSPS) is 20.8. The molecular formula is C67H89BCl2F3NO25SSi. The number of halogens is 5. The number of thiophene rings is 1. The Labute approximate surface area is 600 Å².